The summed E-state index contributed by atoms with van der Waals surface area (Å²) < 4.78 is 16.2. The lowest BCUT2D eigenvalue weighted by Crippen LogP contribution is -2.22. The average Bonchev–Trinajstić information content (AvgIpc) is 3.23. The van der Waals surface area contributed by atoms with E-state index in [-0.39, 0.29) is 27.5 Å². The van der Waals surface area contributed by atoms with Gasteiger partial charge in [0, 0.05) is 18.3 Å². The highest BCUT2D eigenvalue weighted by Crippen LogP contribution is 2.31. The predicted octanol–water partition coefficient (Wildman–Crippen LogP) is 4.79. The maximum absolute atomic E-state index is 14.6. The number of allylic oxidation sites excluding steroid dienone is 1. The molecule has 176 valence electrons. The minimum absolute atomic E-state index is 0.0364. The number of benzene rings is 1. The molecule has 0 aliphatic carbocycles. The number of fused-ring (bicyclic) bond motifs is 2. The van der Waals surface area contributed by atoms with E-state index in [4.69, 9.17) is 16.6 Å². The van der Waals surface area contributed by atoms with Crippen LogP contribution in [-0.2, 0) is 6.54 Å². The Kier molecular flexibility index (Phi) is 5.78. The van der Waals surface area contributed by atoms with Crippen molar-refractivity contribution < 1.29 is 14.3 Å². The molecule has 0 saturated carbocycles. The molecule has 0 fully saturated rings. The fraction of sp³-hybridized carbons (Fsp3) is 0.160. The highest BCUT2D eigenvalue weighted by molar-refractivity contribution is 6.29. The van der Waals surface area contributed by atoms with Crippen LogP contribution in [0.2, 0.25) is 5.15 Å². The minimum Gasteiger partial charge on any atom is -0.476 e. The maximum Gasteiger partial charge on any atom is 0.356 e. The molecule has 0 amide bonds. The third-order valence-electron chi connectivity index (χ3n) is 5.86. The van der Waals surface area contributed by atoms with Crippen LogP contribution in [0.4, 0.5) is 10.1 Å². The summed E-state index contributed by atoms with van der Waals surface area (Å²) in [5.41, 5.74) is 1.97. The standard InChI is InChI=1S/C25H19ClFN5O3/c1-13(29-19-5-6-20(26)30-22(19)25(34)35)17-11-15(27)12-18-21(17)31-23-14(7-9-32(23)24(18)33)10-16-4-2-3-8-28-16/h2-6,8,10-13,29H,7,9H2,1H3,(H,34,35)/t13-/m1/s1. The van der Waals surface area contributed by atoms with Crippen molar-refractivity contribution in [3.05, 3.63) is 92.8 Å². The summed E-state index contributed by atoms with van der Waals surface area (Å²) in [6, 6.07) is 10.4. The van der Waals surface area contributed by atoms with Crippen LogP contribution in [-0.4, -0.2) is 30.6 Å². The number of aromatic nitrogens is 4. The van der Waals surface area contributed by atoms with Crippen molar-refractivity contribution in [2.24, 2.45) is 0 Å². The molecule has 0 saturated heterocycles. The van der Waals surface area contributed by atoms with Gasteiger partial charge in [-0.15, -0.1) is 0 Å². The van der Waals surface area contributed by atoms with Crippen molar-refractivity contribution in [3.8, 4) is 0 Å². The molecule has 4 aromatic rings. The van der Waals surface area contributed by atoms with E-state index in [0.717, 1.165) is 11.3 Å². The molecule has 3 aromatic heterocycles. The fourth-order valence-corrected chi connectivity index (χ4v) is 4.39. The van der Waals surface area contributed by atoms with Gasteiger partial charge in [0.1, 0.15) is 16.8 Å². The van der Waals surface area contributed by atoms with Crippen LogP contribution in [0.5, 0.6) is 0 Å². The van der Waals surface area contributed by atoms with Crippen LogP contribution in [0.25, 0.3) is 22.6 Å². The van der Waals surface area contributed by atoms with E-state index in [2.05, 4.69) is 15.3 Å². The molecule has 35 heavy (non-hydrogen) atoms. The number of pyridine rings is 2. The van der Waals surface area contributed by atoms with E-state index in [9.17, 15) is 19.1 Å². The number of aromatic carboxylic acids is 1. The van der Waals surface area contributed by atoms with Crippen LogP contribution in [0.3, 0.4) is 0 Å². The molecule has 2 N–H and O–H groups in total. The van der Waals surface area contributed by atoms with Crippen molar-refractivity contribution in [2.75, 3.05) is 5.32 Å². The molecular weight excluding hydrogens is 473 g/mol. The third-order valence-corrected chi connectivity index (χ3v) is 6.07. The van der Waals surface area contributed by atoms with Gasteiger partial charge in [0.05, 0.1) is 28.3 Å². The van der Waals surface area contributed by atoms with E-state index in [0.29, 0.717) is 29.9 Å². The molecule has 5 rings (SSSR count). The first-order valence-corrected chi connectivity index (χ1v) is 11.2. The second kappa shape index (κ2) is 8.92. The lowest BCUT2D eigenvalue weighted by Gasteiger charge is -2.19. The second-order valence-electron chi connectivity index (χ2n) is 8.16. The van der Waals surface area contributed by atoms with Gasteiger partial charge in [-0.05, 0) is 61.4 Å². The molecule has 0 unspecified atom stereocenters. The number of anilines is 1. The number of carboxylic acids is 1. The Labute approximate surface area is 203 Å². The Balaban J connectivity index is 1.63. The van der Waals surface area contributed by atoms with E-state index in [1.807, 2.05) is 24.3 Å². The first-order valence-electron chi connectivity index (χ1n) is 10.8. The lowest BCUT2D eigenvalue weighted by atomic mass is 10.0. The van der Waals surface area contributed by atoms with Crippen LogP contribution >= 0.6 is 11.6 Å². The van der Waals surface area contributed by atoms with Crippen LogP contribution in [0, 0.1) is 5.82 Å². The molecule has 1 aliphatic heterocycles. The fourth-order valence-electron chi connectivity index (χ4n) is 4.25. The van der Waals surface area contributed by atoms with Crippen molar-refractivity contribution in [2.45, 2.75) is 25.9 Å². The summed E-state index contributed by atoms with van der Waals surface area (Å²) in [5, 5.41) is 12.7. The van der Waals surface area contributed by atoms with Gasteiger partial charge in [0.2, 0.25) is 0 Å². The molecule has 1 aliphatic rings. The monoisotopic (exact) mass is 491 g/mol. The molecule has 1 aromatic carbocycles. The molecule has 0 radical (unpaired) electrons. The predicted molar refractivity (Wildman–Crippen MR) is 131 cm³/mol. The largest absolute Gasteiger partial charge is 0.476 e. The highest BCUT2D eigenvalue weighted by Gasteiger charge is 2.24. The Morgan fingerprint density at radius 1 is 1.26 bits per heavy atom. The minimum atomic E-state index is -1.26. The zero-order valence-corrected chi connectivity index (χ0v) is 19.3. The summed E-state index contributed by atoms with van der Waals surface area (Å²) in [7, 11) is 0. The van der Waals surface area contributed by atoms with Gasteiger partial charge in [-0.2, -0.15) is 0 Å². The average molecular weight is 492 g/mol. The van der Waals surface area contributed by atoms with E-state index < -0.39 is 17.8 Å². The SMILES string of the molecule is C[C@@H](Nc1ccc(Cl)nc1C(=O)O)c1cc(F)cc2c(=O)n3c(nc12)C(=Cc1ccccn1)CC3. The van der Waals surface area contributed by atoms with Gasteiger partial charge in [-0.1, -0.05) is 17.7 Å². The zero-order chi connectivity index (χ0) is 24.7. The smallest absolute Gasteiger partial charge is 0.356 e. The van der Waals surface area contributed by atoms with Gasteiger partial charge in [0.15, 0.2) is 5.69 Å². The van der Waals surface area contributed by atoms with Crippen molar-refractivity contribution in [1.82, 2.24) is 19.5 Å². The number of carboxylic acid groups (broad SMARTS) is 1. The first-order chi connectivity index (χ1) is 16.8. The lowest BCUT2D eigenvalue weighted by molar-refractivity contribution is 0.0691. The molecule has 0 spiro atoms. The Morgan fingerprint density at radius 3 is 2.83 bits per heavy atom. The molecule has 10 heteroatoms. The normalized spacial score (nSPS) is 14.8. The number of nitrogens with one attached hydrogen (secondary N) is 1. The molecule has 8 nitrogen and oxygen atoms in total. The van der Waals surface area contributed by atoms with Crippen LogP contribution < -0.4 is 10.9 Å². The summed E-state index contributed by atoms with van der Waals surface area (Å²) in [6.45, 7) is 2.17. The van der Waals surface area contributed by atoms with E-state index >= 15 is 0 Å². The van der Waals surface area contributed by atoms with Gasteiger partial charge >= 0.3 is 5.97 Å². The number of halogens is 2. The quantitative estimate of drug-likeness (QED) is 0.386. The van der Waals surface area contributed by atoms with Gasteiger partial charge in [-0.25, -0.2) is 19.2 Å². The number of hydrogen-bond donors (Lipinski definition) is 2. The summed E-state index contributed by atoms with van der Waals surface area (Å²) in [5.74, 6) is -1.34. The van der Waals surface area contributed by atoms with Crippen molar-refractivity contribution >= 4 is 45.8 Å². The Morgan fingerprint density at radius 2 is 2.09 bits per heavy atom. The van der Waals surface area contributed by atoms with Gasteiger partial charge < -0.3 is 10.4 Å². The summed E-state index contributed by atoms with van der Waals surface area (Å²) in [6.07, 6.45) is 4.17. The Hall–Kier alpha value is -4.11. The summed E-state index contributed by atoms with van der Waals surface area (Å²) >= 11 is 5.85. The summed E-state index contributed by atoms with van der Waals surface area (Å²) in [4.78, 5) is 37.9. The van der Waals surface area contributed by atoms with Crippen LogP contribution in [0.15, 0.2) is 53.5 Å². The molecular formula is C25H19ClFN5O3. The Bertz CT molecular complexity index is 1570. The van der Waals surface area contributed by atoms with Gasteiger partial charge in [0.25, 0.3) is 5.56 Å². The number of hydrogen-bond acceptors (Lipinski definition) is 6. The maximum atomic E-state index is 14.6. The first kappa shape index (κ1) is 22.7. The molecule has 4 heterocycles. The third kappa shape index (κ3) is 4.26. The number of nitrogens with zero attached hydrogens (tertiary/aromatic N) is 4. The molecule has 0 bridgehead atoms. The van der Waals surface area contributed by atoms with Gasteiger partial charge in [-0.3, -0.25) is 14.3 Å². The number of rotatable bonds is 5. The van der Waals surface area contributed by atoms with Crippen molar-refractivity contribution in [3.63, 3.8) is 0 Å². The molecule has 1 atom stereocenters. The topological polar surface area (TPSA) is 110 Å². The highest BCUT2D eigenvalue weighted by atomic mass is 35.5. The van der Waals surface area contributed by atoms with E-state index in [1.54, 1.807) is 17.7 Å². The van der Waals surface area contributed by atoms with Crippen molar-refractivity contribution in [1.29, 1.82) is 0 Å². The number of carbonyl (C=O) groups is 1. The zero-order valence-electron chi connectivity index (χ0n) is 18.5. The second-order valence-corrected chi connectivity index (χ2v) is 8.55. The van der Waals surface area contributed by atoms with E-state index in [1.165, 1.54) is 24.3 Å². The van der Waals surface area contributed by atoms with Crippen LogP contribution in [0.1, 0.15) is 47.0 Å².